The second-order valence-corrected chi connectivity index (χ2v) is 4.66. The Balaban J connectivity index is 2.15. The maximum atomic E-state index is 12.8. The number of carbonyl (C=O) groups is 1. The number of phenols is 1. The van der Waals surface area contributed by atoms with Crippen LogP contribution in [-0.2, 0) is 0 Å². The van der Waals surface area contributed by atoms with Crippen LogP contribution in [-0.4, -0.2) is 22.2 Å². The Morgan fingerprint density at radius 1 is 1.35 bits per heavy atom. The number of nitrogens with one attached hydrogen (secondary N) is 1. The molecule has 0 fully saturated rings. The van der Waals surface area contributed by atoms with Gasteiger partial charge in [0.2, 0.25) is 0 Å². The van der Waals surface area contributed by atoms with Gasteiger partial charge in [0.25, 0.3) is 11.6 Å². The van der Waals surface area contributed by atoms with Crippen molar-refractivity contribution in [3.63, 3.8) is 0 Å². The van der Waals surface area contributed by atoms with Crippen LogP contribution in [0.2, 0.25) is 0 Å². The maximum absolute atomic E-state index is 12.8. The largest absolute Gasteiger partial charge is 0.507 e. The predicted molar refractivity (Wildman–Crippen MR) is 81.0 cm³/mol. The quantitative estimate of drug-likeness (QED) is 0.513. The van der Waals surface area contributed by atoms with E-state index in [0.29, 0.717) is 5.56 Å². The Morgan fingerprint density at radius 2 is 2.00 bits per heavy atom. The molecule has 0 radical (unpaired) electrons. The van der Waals surface area contributed by atoms with E-state index < -0.39 is 16.6 Å². The van der Waals surface area contributed by atoms with Crippen LogP contribution in [0.4, 0.5) is 10.1 Å². The molecule has 0 saturated carbocycles. The van der Waals surface area contributed by atoms with Crippen molar-refractivity contribution >= 4 is 17.8 Å². The van der Waals surface area contributed by atoms with E-state index in [9.17, 15) is 24.4 Å². The van der Waals surface area contributed by atoms with Crippen LogP contribution in [0.25, 0.3) is 0 Å². The number of aromatic hydroxyl groups is 1. The first-order chi connectivity index (χ1) is 10.9. The monoisotopic (exact) mass is 317 g/mol. The van der Waals surface area contributed by atoms with Gasteiger partial charge in [-0.2, -0.15) is 5.10 Å². The number of nitro groups is 1. The van der Waals surface area contributed by atoms with Gasteiger partial charge in [-0.1, -0.05) is 0 Å². The first-order valence-corrected chi connectivity index (χ1v) is 6.45. The standard InChI is InChI=1S/C15H12FN3O4/c1-9-6-13(19(22)23)7-11(14(9)20)8-17-18-15(21)10-2-4-12(16)5-3-10/h2-8,20H,1H3,(H,18,21). The minimum Gasteiger partial charge on any atom is -0.507 e. The Morgan fingerprint density at radius 3 is 2.61 bits per heavy atom. The fourth-order valence-electron chi connectivity index (χ4n) is 1.82. The summed E-state index contributed by atoms with van der Waals surface area (Å²) in [5, 5.41) is 24.3. The summed E-state index contributed by atoms with van der Waals surface area (Å²) in [7, 11) is 0. The van der Waals surface area contributed by atoms with Gasteiger partial charge in [0.15, 0.2) is 0 Å². The molecule has 23 heavy (non-hydrogen) atoms. The fourth-order valence-corrected chi connectivity index (χ4v) is 1.82. The van der Waals surface area contributed by atoms with Crippen LogP contribution < -0.4 is 5.43 Å². The molecule has 2 N–H and O–H groups in total. The van der Waals surface area contributed by atoms with Crippen LogP contribution >= 0.6 is 0 Å². The lowest BCUT2D eigenvalue weighted by Crippen LogP contribution is -2.17. The van der Waals surface area contributed by atoms with Crippen molar-refractivity contribution in [2.45, 2.75) is 6.92 Å². The van der Waals surface area contributed by atoms with Gasteiger partial charge in [0.1, 0.15) is 11.6 Å². The van der Waals surface area contributed by atoms with Crippen LogP contribution in [0, 0.1) is 22.9 Å². The van der Waals surface area contributed by atoms with Crippen LogP contribution in [0.1, 0.15) is 21.5 Å². The number of non-ortho nitro benzene ring substituents is 1. The summed E-state index contributed by atoms with van der Waals surface area (Å²) in [5.74, 6) is -1.22. The molecule has 2 rings (SSSR count). The first-order valence-electron chi connectivity index (χ1n) is 6.45. The molecule has 0 aromatic heterocycles. The molecule has 0 unspecified atom stereocenters. The number of halogens is 1. The molecular weight excluding hydrogens is 305 g/mol. The Bertz CT molecular complexity index is 788. The average molecular weight is 317 g/mol. The summed E-state index contributed by atoms with van der Waals surface area (Å²) >= 11 is 0. The number of nitrogens with zero attached hydrogens (tertiary/aromatic N) is 2. The molecule has 0 spiro atoms. The topological polar surface area (TPSA) is 105 Å². The highest BCUT2D eigenvalue weighted by Gasteiger charge is 2.12. The molecule has 7 nitrogen and oxygen atoms in total. The number of benzene rings is 2. The summed E-state index contributed by atoms with van der Waals surface area (Å²) in [6, 6.07) is 7.20. The summed E-state index contributed by atoms with van der Waals surface area (Å²) < 4.78 is 12.8. The molecule has 1 amide bonds. The molecule has 0 heterocycles. The van der Waals surface area contributed by atoms with Crippen molar-refractivity contribution in [2.75, 3.05) is 0 Å². The van der Waals surface area contributed by atoms with Crippen LogP contribution in [0.5, 0.6) is 5.75 Å². The van der Waals surface area contributed by atoms with E-state index in [1.807, 2.05) is 0 Å². The lowest BCUT2D eigenvalue weighted by molar-refractivity contribution is -0.384. The van der Waals surface area contributed by atoms with E-state index in [0.717, 1.165) is 24.4 Å². The zero-order chi connectivity index (χ0) is 17.0. The molecule has 118 valence electrons. The third kappa shape index (κ3) is 3.88. The minimum atomic E-state index is -0.596. The number of aryl methyl sites for hydroxylation is 1. The Kier molecular flexibility index (Phi) is 4.65. The smallest absolute Gasteiger partial charge is 0.271 e. The first kappa shape index (κ1) is 16.1. The van der Waals surface area contributed by atoms with E-state index in [1.54, 1.807) is 0 Å². The summed E-state index contributed by atoms with van der Waals surface area (Å²) in [6.07, 6.45) is 1.09. The highest BCUT2D eigenvalue weighted by molar-refractivity contribution is 5.95. The molecule has 0 aliphatic heterocycles. The second kappa shape index (κ2) is 6.65. The zero-order valence-electron chi connectivity index (χ0n) is 12.0. The van der Waals surface area contributed by atoms with Gasteiger partial charge in [-0.3, -0.25) is 14.9 Å². The lowest BCUT2D eigenvalue weighted by Gasteiger charge is -2.03. The van der Waals surface area contributed by atoms with Crippen LogP contribution in [0.15, 0.2) is 41.5 Å². The van der Waals surface area contributed by atoms with Gasteiger partial charge >= 0.3 is 0 Å². The Labute approximate surface area is 130 Å². The molecule has 0 aliphatic carbocycles. The molecule has 0 aliphatic rings. The molecule has 2 aromatic rings. The number of phenolic OH excluding ortho intramolecular Hbond substituents is 1. The van der Waals surface area contributed by atoms with E-state index in [4.69, 9.17) is 0 Å². The third-order valence-corrected chi connectivity index (χ3v) is 3.00. The van der Waals surface area contributed by atoms with Gasteiger partial charge in [0.05, 0.1) is 11.1 Å². The number of amides is 1. The van der Waals surface area contributed by atoms with Gasteiger partial charge in [-0.25, -0.2) is 9.82 Å². The Hall–Kier alpha value is -3.29. The van der Waals surface area contributed by atoms with Gasteiger partial charge in [-0.05, 0) is 36.8 Å². The van der Waals surface area contributed by atoms with Crippen molar-refractivity contribution in [3.05, 3.63) is 69.0 Å². The summed E-state index contributed by atoms with van der Waals surface area (Å²) in [6.45, 7) is 1.51. The molecule has 8 heteroatoms. The molecule has 0 bridgehead atoms. The van der Waals surface area contributed by atoms with Crippen molar-refractivity contribution in [1.82, 2.24) is 5.43 Å². The molecule has 0 atom stereocenters. The molecule has 0 saturated heterocycles. The van der Waals surface area contributed by atoms with E-state index >= 15 is 0 Å². The maximum Gasteiger partial charge on any atom is 0.271 e. The normalized spacial score (nSPS) is 10.7. The van der Waals surface area contributed by atoms with Crippen molar-refractivity contribution in [3.8, 4) is 5.75 Å². The highest BCUT2D eigenvalue weighted by atomic mass is 19.1. The number of carbonyl (C=O) groups excluding carboxylic acids is 1. The number of rotatable bonds is 4. The van der Waals surface area contributed by atoms with Crippen LogP contribution in [0.3, 0.4) is 0 Å². The SMILES string of the molecule is Cc1cc([N+](=O)[O-])cc(C=NNC(=O)c2ccc(F)cc2)c1O. The summed E-state index contributed by atoms with van der Waals surface area (Å²) in [4.78, 5) is 21.9. The average Bonchev–Trinajstić information content (AvgIpc) is 2.51. The minimum absolute atomic E-state index is 0.0936. The molecule has 2 aromatic carbocycles. The number of nitro benzene ring substituents is 1. The second-order valence-electron chi connectivity index (χ2n) is 4.66. The number of hydrogen-bond donors (Lipinski definition) is 2. The third-order valence-electron chi connectivity index (χ3n) is 3.00. The zero-order valence-corrected chi connectivity index (χ0v) is 12.0. The van der Waals surface area contributed by atoms with E-state index in [1.165, 1.54) is 25.1 Å². The van der Waals surface area contributed by atoms with Gasteiger partial charge in [-0.15, -0.1) is 0 Å². The predicted octanol–water partition coefficient (Wildman–Crippen LogP) is 2.51. The van der Waals surface area contributed by atoms with Gasteiger partial charge < -0.3 is 5.11 Å². The highest BCUT2D eigenvalue weighted by Crippen LogP contribution is 2.26. The van der Waals surface area contributed by atoms with E-state index in [2.05, 4.69) is 10.5 Å². The van der Waals surface area contributed by atoms with Gasteiger partial charge in [0, 0.05) is 23.3 Å². The lowest BCUT2D eigenvalue weighted by atomic mass is 10.1. The molecular formula is C15H12FN3O4. The van der Waals surface area contributed by atoms with Crippen molar-refractivity contribution in [2.24, 2.45) is 5.10 Å². The number of hydrogen-bond acceptors (Lipinski definition) is 5. The fraction of sp³-hybridized carbons (Fsp3) is 0.0667. The summed E-state index contributed by atoms with van der Waals surface area (Å²) in [5.41, 5.74) is 2.59. The van der Waals surface area contributed by atoms with Crippen molar-refractivity contribution in [1.29, 1.82) is 0 Å². The van der Waals surface area contributed by atoms with Crippen molar-refractivity contribution < 1.29 is 19.2 Å². The number of hydrazone groups is 1. The van der Waals surface area contributed by atoms with E-state index in [-0.39, 0.29) is 22.6 Å².